The van der Waals surface area contributed by atoms with E-state index in [1.54, 1.807) is 0 Å². The fourth-order valence-electron chi connectivity index (χ4n) is 5.94. The Morgan fingerprint density at radius 1 is 1.19 bits per heavy atom. The minimum atomic E-state index is -0.287. The zero-order chi connectivity index (χ0) is 21.6. The van der Waals surface area contributed by atoms with Gasteiger partial charge in [-0.05, 0) is 46.2 Å². The van der Waals surface area contributed by atoms with Crippen LogP contribution in [0.4, 0.5) is 0 Å². The molecule has 31 heavy (non-hydrogen) atoms. The Balaban J connectivity index is 1.44. The lowest BCUT2D eigenvalue weighted by Crippen LogP contribution is -2.56. The van der Waals surface area contributed by atoms with E-state index in [4.69, 9.17) is 4.98 Å². The highest BCUT2D eigenvalue weighted by molar-refractivity contribution is 5.84. The van der Waals surface area contributed by atoms with Gasteiger partial charge in [0.25, 0.3) is 0 Å². The number of piperazine rings is 1. The van der Waals surface area contributed by atoms with E-state index in [1.807, 2.05) is 17.6 Å². The molecule has 166 valence electrons. The van der Waals surface area contributed by atoms with Gasteiger partial charge in [0, 0.05) is 62.3 Å². The number of hydrogen-bond acceptors (Lipinski definition) is 5. The number of fused-ring (bicyclic) bond motifs is 2. The lowest BCUT2D eigenvalue weighted by Gasteiger charge is -2.43. The van der Waals surface area contributed by atoms with Crippen LogP contribution in [-0.2, 0) is 11.3 Å². The Kier molecular flexibility index (Phi) is 5.34. The molecule has 3 aliphatic rings. The number of allylic oxidation sites excluding steroid dienone is 1. The van der Waals surface area contributed by atoms with Gasteiger partial charge in [0.1, 0.15) is 0 Å². The van der Waals surface area contributed by atoms with Crippen LogP contribution in [-0.4, -0.2) is 81.0 Å². The topological polar surface area (TPSA) is 57.0 Å². The number of aryl methyl sites for hydroxylation is 2. The number of nitrogens with zero attached hydrogens (tertiary/aromatic N) is 6. The molecule has 7 nitrogen and oxygen atoms in total. The fourth-order valence-corrected chi connectivity index (χ4v) is 5.94. The van der Waals surface area contributed by atoms with Crippen LogP contribution in [0.25, 0.3) is 5.65 Å². The van der Waals surface area contributed by atoms with Crippen LogP contribution < -0.4 is 0 Å². The molecule has 5 rings (SSSR count). The van der Waals surface area contributed by atoms with Gasteiger partial charge in [0.05, 0.1) is 11.6 Å². The van der Waals surface area contributed by atoms with Gasteiger partial charge in [-0.3, -0.25) is 9.69 Å². The van der Waals surface area contributed by atoms with Crippen molar-refractivity contribution in [2.24, 2.45) is 5.41 Å². The van der Waals surface area contributed by atoms with E-state index in [-0.39, 0.29) is 11.5 Å². The zero-order valence-corrected chi connectivity index (χ0v) is 19.0. The Morgan fingerprint density at radius 2 is 2.00 bits per heavy atom. The van der Waals surface area contributed by atoms with Crippen molar-refractivity contribution < 1.29 is 4.79 Å². The van der Waals surface area contributed by atoms with E-state index in [0.717, 1.165) is 87.6 Å². The Hall–Kier alpha value is -2.25. The number of rotatable bonds is 3. The fraction of sp³-hybridized carbons (Fsp3) is 0.625. The molecule has 2 aromatic rings. The second-order valence-corrected chi connectivity index (χ2v) is 9.71. The summed E-state index contributed by atoms with van der Waals surface area (Å²) in [7, 11) is 2.14. The van der Waals surface area contributed by atoms with Gasteiger partial charge in [-0.1, -0.05) is 18.6 Å². The lowest BCUT2D eigenvalue weighted by atomic mass is 9.77. The van der Waals surface area contributed by atoms with E-state index in [0.29, 0.717) is 5.91 Å². The standard InChI is InChI=1S/C24H34N6O/c1-18-15-19(2)30-22(26-18)20(16-25-30)17-29-10-5-4-8-24(9-6-7-21(24)29)23(31)28-13-11-27(3)12-14-28/h4-5,15-16,21H,6-14,17H2,1-3H3/t21-,24-/m1/s1. The predicted octanol–water partition coefficient (Wildman–Crippen LogP) is 2.42. The first-order valence-corrected chi connectivity index (χ1v) is 11.7. The summed E-state index contributed by atoms with van der Waals surface area (Å²) in [6.45, 7) is 9.42. The molecule has 1 aliphatic carbocycles. The molecule has 0 spiro atoms. The number of aromatic nitrogens is 3. The number of carbonyl (C=O) groups excluding carboxylic acids is 1. The van der Waals surface area contributed by atoms with Crippen LogP contribution in [0.15, 0.2) is 24.4 Å². The quantitative estimate of drug-likeness (QED) is 0.711. The van der Waals surface area contributed by atoms with Crippen molar-refractivity contribution in [2.45, 2.75) is 52.1 Å². The van der Waals surface area contributed by atoms with Gasteiger partial charge < -0.3 is 9.80 Å². The summed E-state index contributed by atoms with van der Waals surface area (Å²) in [5, 5.41) is 4.60. The van der Waals surface area contributed by atoms with Crippen LogP contribution >= 0.6 is 0 Å². The SMILES string of the molecule is Cc1cc(C)n2ncc(CN3CC=CC[C@@]4(C(=O)N5CCN(C)CC5)CCC[C@@H]34)c2n1. The molecular weight excluding hydrogens is 388 g/mol. The third-order valence-corrected chi connectivity index (χ3v) is 7.61. The minimum absolute atomic E-state index is 0.274. The van der Waals surface area contributed by atoms with Gasteiger partial charge in [-0.2, -0.15) is 5.10 Å². The Labute approximate surface area is 184 Å². The van der Waals surface area contributed by atoms with E-state index in [9.17, 15) is 4.79 Å². The van der Waals surface area contributed by atoms with Gasteiger partial charge >= 0.3 is 0 Å². The van der Waals surface area contributed by atoms with Gasteiger partial charge in [-0.25, -0.2) is 9.50 Å². The first kappa shape index (κ1) is 20.6. The first-order chi connectivity index (χ1) is 15.0. The van der Waals surface area contributed by atoms with Crippen LogP contribution in [0.3, 0.4) is 0 Å². The van der Waals surface area contributed by atoms with Crippen molar-refractivity contribution >= 4 is 11.6 Å². The molecule has 2 aliphatic heterocycles. The third kappa shape index (κ3) is 3.57. The molecule has 1 amide bonds. The largest absolute Gasteiger partial charge is 0.340 e. The van der Waals surface area contributed by atoms with Gasteiger partial charge in [0.15, 0.2) is 5.65 Å². The Bertz CT molecular complexity index is 1000. The second kappa shape index (κ2) is 8.02. The highest BCUT2D eigenvalue weighted by Crippen LogP contribution is 2.47. The number of likely N-dealkylation sites (N-methyl/N-ethyl adjacent to an activating group) is 1. The molecule has 1 saturated heterocycles. The van der Waals surface area contributed by atoms with Crippen molar-refractivity contribution in [3.05, 3.63) is 41.4 Å². The summed E-state index contributed by atoms with van der Waals surface area (Å²) in [5.74, 6) is 0.379. The summed E-state index contributed by atoms with van der Waals surface area (Å²) >= 11 is 0. The molecule has 2 atom stereocenters. The van der Waals surface area contributed by atoms with Gasteiger partial charge in [-0.15, -0.1) is 0 Å². The average molecular weight is 423 g/mol. The van der Waals surface area contributed by atoms with Crippen LogP contribution in [0.1, 0.15) is 42.6 Å². The lowest BCUT2D eigenvalue weighted by molar-refractivity contribution is -0.146. The van der Waals surface area contributed by atoms with Gasteiger partial charge in [0.2, 0.25) is 5.91 Å². The molecule has 2 fully saturated rings. The molecule has 0 radical (unpaired) electrons. The van der Waals surface area contributed by atoms with E-state index in [2.05, 4.69) is 52.0 Å². The van der Waals surface area contributed by atoms with Crippen LogP contribution in [0.2, 0.25) is 0 Å². The molecular formula is C24H34N6O. The number of carbonyl (C=O) groups is 1. The minimum Gasteiger partial charge on any atom is -0.340 e. The Morgan fingerprint density at radius 3 is 2.81 bits per heavy atom. The van der Waals surface area contributed by atoms with Crippen molar-refractivity contribution in [1.82, 2.24) is 29.3 Å². The highest BCUT2D eigenvalue weighted by Gasteiger charge is 2.52. The molecule has 2 aromatic heterocycles. The smallest absolute Gasteiger partial charge is 0.230 e. The van der Waals surface area contributed by atoms with Crippen molar-refractivity contribution in [1.29, 1.82) is 0 Å². The molecule has 0 N–H and O–H groups in total. The molecule has 0 bridgehead atoms. The molecule has 0 unspecified atom stereocenters. The monoisotopic (exact) mass is 422 g/mol. The normalized spacial score (nSPS) is 27.6. The van der Waals surface area contributed by atoms with E-state index in [1.165, 1.54) is 0 Å². The van der Waals surface area contributed by atoms with Crippen molar-refractivity contribution in [2.75, 3.05) is 39.8 Å². The maximum absolute atomic E-state index is 13.9. The second-order valence-electron chi connectivity index (χ2n) is 9.71. The van der Waals surface area contributed by atoms with E-state index >= 15 is 0 Å². The first-order valence-electron chi connectivity index (χ1n) is 11.7. The maximum Gasteiger partial charge on any atom is 0.230 e. The maximum atomic E-state index is 13.9. The zero-order valence-electron chi connectivity index (χ0n) is 19.0. The molecule has 7 heteroatoms. The summed E-state index contributed by atoms with van der Waals surface area (Å²) in [6, 6.07) is 2.34. The molecule has 4 heterocycles. The summed E-state index contributed by atoms with van der Waals surface area (Å²) in [6.07, 6.45) is 10.6. The molecule has 0 aromatic carbocycles. The van der Waals surface area contributed by atoms with Crippen molar-refractivity contribution in [3.8, 4) is 0 Å². The van der Waals surface area contributed by atoms with Crippen molar-refractivity contribution in [3.63, 3.8) is 0 Å². The number of hydrogen-bond donors (Lipinski definition) is 0. The highest BCUT2D eigenvalue weighted by atomic mass is 16.2. The predicted molar refractivity (Wildman–Crippen MR) is 121 cm³/mol. The van der Waals surface area contributed by atoms with E-state index < -0.39 is 0 Å². The summed E-state index contributed by atoms with van der Waals surface area (Å²) in [4.78, 5) is 25.6. The molecule has 1 saturated carbocycles. The van der Waals surface area contributed by atoms with Crippen LogP contribution in [0, 0.1) is 19.3 Å². The average Bonchev–Trinajstić information content (AvgIpc) is 3.31. The number of amides is 1. The summed E-state index contributed by atoms with van der Waals surface area (Å²) in [5.41, 5.74) is 3.92. The van der Waals surface area contributed by atoms with Crippen LogP contribution in [0.5, 0.6) is 0 Å². The summed E-state index contributed by atoms with van der Waals surface area (Å²) < 4.78 is 1.94. The third-order valence-electron chi connectivity index (χ3n) is 7.61.